The number of fused-ring (bicyclic) bond motifs is 2. The molecule has 0 bridgehead atoms. The summed E-state index contributed by atoms with van der Waals surface area (Å²) in [6, 6.07) is 7.20. The van der Waals surface area contributed by atoms with E-state index in [0.717, 1.165) is 42.5 Å². The number of nitrogens with zero attached hydrogens (tertiary/aromatic N) is 5. The van der Waals surface area contributed by atoms with Crippen LogP contribution in [-0.4, -0.2) is 56.4 Å². The maximum Gasteiger partial charge on any atom is 0.345 e. The van der Waals surface area contributed by atoms with E-state index in [1.165, 1.54) is 4.68 Å². The molecule has 10 nitrogen and oxygen atoms in total. The number of carbonyl (C=O) groups is 2. The van der Waals surface area contributed by atoms with E-state index in [4.69, 9.17) is 0 Å². The number of urea groups is 1. The van der Waals surface area contributed by atoms with Gasteiger partial charge in [0.25, 0.3) is 0 Å². The highest BCUT2D eigenvalue weighted by Crippen LogP contribution is 2.20. The third-order valence-electron chi connectivity index (χ3n) is 5.70. The van der Waals surface area contributed by atoms with Crippen LogP contribution in [-0.2, 0) is 30.8 Å². The van der Waals surface area contributed by atoms with Gasteiger partial charge in [-0.25, -0.2) is 14.3 Å². The van der Waals surface area contributed by atoms with Gasteiger partial charge in [-0.3, -0.25) is 9.36 Å². The Balaban J connectivity index is 1.27. The Bertz CT molecular complexity index is 1190. The summed E-state index contributed by atoms with van der Waals surface area (Å²) in [5.41, 5.74) is 1.54. The lowest BCUT2D eigenvalue weighted by Crippen LogP contribution is -2.31. The zero-order valence-corrected chi connectivity index (χ0v) is 18.5. The molecule has 0 spiro atoms. The molecule has 0 saturated carbocycles. The van der Waals surface area contributed by atoms with Crippen LogP contribution in [0.3, 0.4) is 0 Å². The van der Waals surface area contributed by atoms with Gasteiger partial charge in [-0.05, 0) is 43.5 Å². The van der Waals surface area contributed by atoms with Crippen molar-refractivity contribution in [3.63, 3.8) is 0 Å². The SMILES string of the molecule is CN(C)C(=O)Cn1ccc2cc(NC(=O)NCCCn3nc4n(c3=O)CCCC4)ccc21. The highest BCUT2D eigenvalue weighted by atomic mass is 16.2. The summed E-state index contributed by atoms with van der Waals surface area (Å²) in [4.78, 5) is 38.1. The van der Waals surface area contributed by atoms with Crippen molar-refractivity contribution in [2.24, 2.45) is 0 Å². The maximum atomic E-state index is 12.3. The predicted octanol–water partition coefficient (Wildman–Crippen LogP) is 1.64. The maximum absolute atomic E-state index is 12.3. The molecule has 2 aromatic heterocycles. The zero-order chi connectivity index (χ0) is 22.7. The fourth-order valence-electron chi connectivity index (χ4n) is 3.90. The van der Waals surface area contributed by atoms with Gasteiger partial charge in [0.05, 0.1) is 0 Å². The van der Waals surface area contributed by atoms with Crippen molar-refractivity contribution in [3.8, 4) is 0 Å². The quantitative estimate of drug-likeness (QED) is 0.546. The van der Waals surface area contributed by atoms with Crippen molar-refractivity contribution in [2.75, 3.05) is 26.0 Å². The molecular weight excluding hydrogens is 410 g/mol. The van der Waals surface area contributed by atoms with E-state index < -0.39 is 0 Å². The number of likely N-dealkylation sites (N-methyl/N-ethyl adjacent to an activating group) is 1. The molecule has 3 heterocycles. The Morgan fingerprint density at radius 3 is 2.81 bits per heavy atom. The van der Waals surface area contributed by atoms with Crippen LogP contribution in [0.5, 0.6) is 0 Å². The number of aromatic nitrogens is 4. The third kappa shape index (κ3) is 4.68. The Morgan fingerprint density at radius 2 is 2.03 bits per heavy atom. The average Bonchev–Trinajstić information content (AvgIpc) is 3.32. The number of anilines is 1. The Morgan fingerprint density at radius 1 is 1.19 bits per heavy atom. The Labute approximate surface area is 185 Å². The van der Waals surface area contributed by atoms with Gasteiger partial charge in [-0.15, -0.1) is 0 Å². The number of hydrogen-bond donors (Lipinski definition) is 2. The number of rotatable bonds is 7. The van der Waals surface area contributed by atoms with Crippen LogP contribution >= 0.6 is 0 Å². The second-order valence-electron chi connectivity index (χ2n) is 8.27. The molecule has 1 aliphatic heterocycles. The summed E-state index contributed by atoms with van der Waals surface area (Å²) >= 11 is 0. The van der Waals surface area contributed by atoms with E-state index in [0.29, 0.717) is 25.2 Å². The molecule has 3 aromatic rings. The highest BCUT2D eigenvalue weighted by molar-refractivity contribution is 5.93. The molecule has 3 amide bonds. The summed E-state index contributed by atoms with van der Waals surface area (Å²) in [6.45, 7) is 1.93. The van der Waals surface area contributed by atoms with Crippen molar-refractivity contribution in [1.82, 2.24) is 29.1 Å². The predicted molar refractivity (Wildman–Crippen MR) is 122 cm³/mol. The van der Waals surface area contributed by atoms with Gasteiger partial charge >= 0.3 is 11.7 Å². The minimum atomic E-state index is -0.303. The molecule has 0 saturated heterocycles. The first-order chi connectivity index (χ1) is 15.4. The number of nitrogens with one attached hydrogen (secondary N) is 2. The van der Waals surface area contributed by atoms with Gasteiger partial charge < -0.3 is 20.1 Å². The molecule has 1 aliphatic rings. The molecule has 170 valence electrons. The van der Waals surface area contributed by atoms with Crippen LogP contribution in [0.2, 0.25) is 0 Å². The lowest BCUT2D eigenvalue weighted by Gasteiger charge is -2.12. The fourth-order valence-corrected chi connectivity index (χ4v) is 3.90. The minimum absolute atomic E-state index is 0.0158. The summed E-state index contributed by atoms with van der Waals surface area (Å²) in [5.74, 6) is 0.879. The lowest BCUT2D eigenvalue weighted by atomic mass is 10.2. The highest BCUT2D eigenvalue weighted by Gasteiger charge is 2.16. The smallest absolute Gasteiger partial charge is 0.345 e. The number of amides is 3. The average molecular weight is 440 g/mol. The molecule has 10 heteroatoms. The molecular formula is C22H29N7O3. The first-order valence-electron chi connectivity index (χ1n) is 10.9. The minimum Gasteiger partial charge on any atom is -0.347 e. The molecule has 2 N–H and O–H groups in total. The topological polar surface area (TPSA) is 106 Å². The van der Waals surface area contributed by atoms with E-state index >= 15 is 0 Å². The van der Waals surface area contributed by atoms with E-state index in [1.54, 1.807) is 23.6 Å². The molecule has 0 fully saturated rings. The van der Waals surface area contributed by atoms with Crippen LogP contribution in [0.15, 0.2) is 35.3 Å². The van der Waals surface area contributed by atoms with Crippen LogP contribution in [0.4, 0.5) is 10.5 Å². The molecule has 32 heavy (non-hydrogen) atoms. The van der Waals surface area contributed by atoms with Gasteiger partial charge in [-0.1, -0.05) is 0 Å². The van der Waals surface area contributed by atoms with Crippen LogP contribution in [0.25, 0.3) is 10.9 Å². The normalized spacial score (nSPS) is 13.1. The molecule has 0 atom stereocenters. The Kier molecular flexibility index (Phi) is 6.29. The van der Waals surface area contributed by atoms with Crippen molar-refractivity contribution in [3.05, 3.63) is 46.8 Å². The number of carbonyl (C=O) groups excluding carboxylic acids is 2. The number of aryl methyl sites for hydroxylation is 2. The fraction of sp³-hybridized carbons (Fsp3) is 0.455. The van der Waals surface area contributed by atoms with Gasteiger partial charge in [0.2, 0.25) is 5.91 Å². The summed E-state index contributed by atoms with van der Waals surface area (Å²) in [5, 5.41) is 11.0. The van der Waals surface area contributed by atoms with Gasteiger partial charge in [0, 0.05) is 62.9 Å². The van der Waals surface area contributed by atoms with Crippen LogP contribution in [0.1, 0.15) is 25.1 Å². The second kappa shape index (κ2) is 9.29. The number of hydrogen-bond acceptors (Lipinski definition) is 4. The first kappa shape index (κ1) is 21.7. The lowest BCUT2D eigenvalue weighted by molar-refractivity contribution is -0.129. The molecule has 1 aromatic carbocycles. The molecule has 0 radical (unpaired) electrons. The van der Waals surface area contributed by atoms with Gasteiger partial charge in [0.1, 0.15) is 12.4 Å². The molecule has 4 rings (SSSR count). The van der Waals surface area contributed by atoms with Crippen molar-refractivity contribution >= 4 is 28.5 Å². The zero-order valence-electron chi connectivity index (χ0n) is 18.5. The van der Waals surface area contributed by atoms with Crippen molar-refractivity contribution in [1.29, 1.82) is 0 Å². The summed E-state index contributed by atoms with van der Waals surface area (Å²) < 4.78 is 5.14. The van der Waals surface area contributed by atoms with Crippen LogP contribution in [0, 0.1) is 0 Å². The van der Waals surface area contributed by atoms with E-state index in [-0.39, 0.29) is 24.2 Å². The summed E-state index contributed by atoms with van der Waals surface area (Å²) in [6.07, 6.45) is 5.42. The van der Waals surface area contributed by atoms with Gasteiger partial charge in [0.15, 0.2) is 0 Å². The second-order valence-corrected chi connectivity index (χ2v) is 8.27. The number of benzene rings is 1. The molecule has 0 aliphatic carbocycles. The van der Waals surface area contributed by atoms with E-state index in [9.17, 15) is 14.4 Å². The monoisotopic (exact) mass is 439 g/mol. The van der Waals surface area contributed by atoms with Crippen LogP contribution < -0.4 is 16.3 Å². The Hall–Kier alpha value is -3.56. The van der Waals surface area contributed by atoms with Gasteiger partial charge in [-0.2, -0.15) is 5.10 Å². The summed E-state index contributed by atoms with van der Waals surface area (Å²) in [7, 11) is 3.46. The largest absolute Gasteiger partial charge is 0.347 e. The van der Waals surface area contributed by atoms with E-state index in [2.05, 4.69) is 15.7 Å². The molecule has 0 unspecified atom stereocenters. The first-order valence-corrected chi connectivity index (χ1v) is 10.9. The van der Waals surface area contributed by atoms with Crippen molar-refractivity contribution in [2.45, 2.75) is 45.3 Å². The standard InChI is InChI=1S/C22H29N7O3/c1-26(2)20(30)15-27-13-9-16-14-17(7-8-18(16)27)24-21(31)23-10-5-12-29-22(32)28-11-4-3-6-19(28)25-29/h7-9,13-14H,3-6,10-12,15H2,1-2H3,(H2,23,24,31). The van der Waals surface area contributed by atoms with Crippen molar-refractivity contribution < 1.29 is 9.59 Å². The third-order valence-corrected chi connectivity index (χ3v) is 5.70. The van der Waals surface area contributed by atoms with E-state index in [1.807, 2.05) is 35.0 Å².